The molecule has 0 saturated heterocycles. The number of hydrogen-bond acceptors (Lipinski definition) is 4. The van der Waals surface area contributed by atoms with Crippen LogP contribution in [0.4, 0.5) is 5.69 Å². The second-order valence-electron chi connectivity index (χ2n) is 5.83. The minimum Gasteiger partial charge on any atom is -0.322 e. The van der Waals surface area contributed by atoms with Gasteiger partial charge in [-0.1, -0.05) is 22.1 Å². The summed E-state index contributed by atoms with van der Waals surface area (Å²) in [5.74, 6) is -0.451. The summed E-state index contributed by atoms with van der Waals surface area (Å²) in [6, 6.07) is 14.5. The van der Waals surface area contributed by atoms with Crippen LogP contribution in [0.25, 0.3) is 5.69 Å². The molecule has 28 heavy (non-hydrogen) atoms. The first-order chi connectivity index (χ1) is 13.3. The van der Waals surface area contributed by atoms with Crippen molar-refractivity contribution in [1.82, 2.24) is 9.04 Å². The second-order valence-corrected chi connectivity index (χ2v) is 8.20. The molecule has 0 spiro atoms. The van der Waals surface area contributed by atoms with Crippen molar-refractivity contribution in [2.24, 2.45) is 0 Å². The number of carbonyl (C=O) groups is 1. The maximum atomic E-state index is 12.7. The van der Waals surface area contributed by atoms with Crippen molar-refractivity contribution in [3.05, 3.63) is 77.6 Å². The number of aromatic nitrogens is 1. The van der Waals surface area contributed by atoms with Gasteiger partial charge < -0.3 is 9.88 Å². The predicted octanol–water partition coefficient (Wildman–Crippen LogP) is 3.56. The predicted molar refractivity (Wildman–Crippen MR) is 107 cm³/mol. The van der Waals surface area contributed by atoms with Crippen molar-refractivity contribution >= 4 is 33.2 Å². The van der Waals surface area contributed by atoms with E-state index in [0.29, 0.717) is 16.4 Å². The fourth-order valence-corrected chi connectivity index (χ4v) is 3.74. The third-order valence-electron chi connectivity index (χ3n) is 4.08. The summed E-state index contributed by atoms with van der Waals surface area (Å²) in [5.41, 5.74) is 1.42. The van der Waals surface area contributed by atoms with Crippen molar-refractivity contribution in [1.29, 1.82) is 0 Å². The molecule has 0 aliphatic heterocycles. The van der Waals surface area contributed by atoms with E-state index in [2.05, 4.69) is 5.32 Å². The molecular formula is C19H18ClN3O4S. The number of carbonyl (C=O) groups excluding carboxylic acids is 1. The van der Waals surface area contributed by atoms with Crippen LogP contribution < -0.4 is 5.32 Å². The average molecular weight is 420 g/mol. The van der Waals surface area contributed by atoms with Crippen LogP contribution in [0.3, 0.4) is 0 Å². The van der Waals surface area contributed by atoms with E-state index in [4.69, 9.17) is 16.4 Å². The van der Waals surface area contributed by atoms with E-state index in [9.17, 15) is 13.2 Å². The molecule has 0 aliphatic rings. The molecular weight excluding hydrogens is 402 g/mol. The number of halogens is 1. The van der Waals surface area contributed by atoms with Gasteiger partial charge in [0.05, 0.1) is 23.4 Å². The fourth-order valence-electron chi connectivity index (χ4n) is 2.56. The zero-order chi connectivity index (χ0) is 20.3. The van der Waals surface area contributed by atoms with Crippen LogP contribution in [0.2, 0.25) is 5.02 Å². The summed E-state index contributed by atoms with van der Waals surface area (Å²) in [4.78, 5) is 17.5. The standard InChI is InChI=1S/C19H18ClN3O4S/c1-22(27-2)28(25,26)16-7-5-6-14(12-16)19(24)21-17-9-8-15(20)13-18(17)23-10-3-4-11-23/h3-13H,1-2H3,(H,21,24). The third kappa shape index (κ3) is 4.10. The molecule has 1 N–H and O–H groups in total. The highest BCUT2D eigenvalue weighted by Gasteiger charge is 2.22. The Bertz CT molecular complexity index is 1100. The third-order valence-corrected chi connectivity index (χ3v) is 5.99. The van der Waals surface area contributed by atoms with Crippen LogP contribution in [0.15, 0.2) is 71.9 Å². The largest absolute Gasteiger partial charge is 0.322 e. The molecule has 146 valence electrons. The van der Waals surface area contributed by atoms with Gasteiger partial charge in [0, 0.05) is 30.0 Å². The van der Waals surface area contributed by atoms with E-state index in [-0.39, 0.29) is 10.5 Å². The van der Waals surface area contributed by atoms with Gasteiger partial charge in [0.25, 0.3) is 15.9 Å². The van der Waals surface area contributed by atoms with Gasteiger partial charge in [-0.2, -0.15) is 0 Å². The van der Waals surface area contributed by atoms with Crippen molar-refractivity contribution in [2.45, 2.75) is 4.90 Å². The topological polar surface area (TPSA) is 80.6 Å². The van der Waals surface area contributed by atoms with Crippen molar-refractivity contribution in [2.75, 3.05) is 19.5 Å². The number of rotatable bonds is 6. The highest BCUT2D eigenvalue weighted by Crippen LogP contribution is 2.25. The summed E-state index contributed by atoms with van der Waals surface area (Å²) < 4.78 is 27.3. The molecule has 0 bridgehead atoms. The first-order valence-electron chi connectivity index (χ1n) is 8.20. The molecule has 0 atom stereocenters. The van der Waals surface area contributed by atoms with Crippen LogP contribution in [0.1, 0.15) is 10.4 Å². The zero-order valence-corrected chi connectivity index (χ0v) is 16.7. The molecule has 0 fully saturated rings. The lowest BCUT2D eigenvalue weighted by atomic mass is 10.2. The minimum absolute atomic E-state index is 0.0498. The van der Waals surface area contributed by atoms with Crippen LogP contribution in [0, 0.1) is 0 Å². The number of amides is 1. The number of sulfonamides is 1. The van der Waals surface area contributed by atoms with Crippen LogP contribution in [-0.2, 0) is 14.9 Å². The molecule has 0 radical (unpaired) electrons. The van der Waals surface area contributed by atoms with Gasteiger partial charge >= 0.3 is 0 Å². The number of benzene rings is 2. The van der Waals surface area contributed by atoms with E-state index < -0.39 is 15.9 Å². The van der Waals surface area contributed by atoms with Crippen molar-refractivity contribution in [3.8, 4) is 5.69 Å². The van der Waals surface area contributed by atoms with Gasteiger partial charge in [-0.25, -0.2) is 8.42 Å². The van der Waals surface area contributed by atoms with Crippen molar-refractivity contribution in [3.63, 3.8) is 0 Å². The van der Waals surface area contributed by atoms with Crippen molar-refractivity contribution < 1.29 is 18.0 Å². The normalized spacial score (nSPS) is 11.6. The highest BCUT2D eigenvalue weighted by atomic mass is 35.5. The molecule has 0 saturated carbocycles. The SMILES string of the molecule is CON(C)S(=O)(=O)c1cccc(C(=O)Nc2ccc(Cl)cc2-n2cccc2)c1. The van der Waals surface area contributed by atoms with Gasteiger partial charge in [0.15, 0.2) is 0 Å². The molecule has 1 aromatic heterocycles. The number of hydrogen-bond donors (Lipinski definition) is 1. The van der Waals surface area contributed by atoms with E-state index in [1.54, 1.807) is 18.2 Å². The maximum Gasteiger partial charge on any atom is 0.264 e. The van der Waals surface area contributed by atoms with Gasteiger partial charge in [-0.3, -0.25) is 9.63 Å². The quantitative estimate of drug-likeness (QED) is 0.619. The lowest BCUT2D eigenvalue weighted by Gasteiger charge is -2.15. The fraction of sp³-hybridized carbons (Fsp3) is 0.105. The van der Waals surface area contributed by atoms with Gasteiger partial charge in [-0.05, 0) is 48.5 Å². The molecule has 0 aliphatic carbocycles. The van der Waals surface area contributed by atoms with Gasteiger partial charge in [0.1, 0.15) is 0 Å². The van der Waals surface area contributed by atoms with E-state index in [0.717, 1.165) is 4.47 Å². The summed E-state index contributed by atoms with van der Waals surface area (Å²) in [7, 11) is -1.33. The Labute approximate surface area is 168 Å². The Morgan fingerprint density at radius 2 is 1.82 bits per heavy atom. The van der Waals surface area contributed by atoms with E-state index in [1.165, 1.54) is 38.4 Å². The van der Waals surface area contributed by atoms with Crippen LogP contribution >= 0.6 is 11.6 Å². The molecule has 0 unspecified atom stereocenters. The summed E-state index contributed by atoms with van der Waals surface area (Å²) >= 11 is 6.09. The smallest absolute Gasteiger partial charge is 0.264 e. The lowest BCUT2D eigenvalue weighted by molar-refractivity contribution is -0.0258. The Hall–Kier alpha value is -2.65. The highest BCUT2D eigenvalue weighted by molar-refractivity contribution is 7.89. The molecule has 3 aromatic rings. The van der Waals surface area contributed by atoms with Crippen LogP contribution in [0.5, 0.6) is 0 Å². The van der Waals surface area contributed by atoms with E-state index in [1.807, 2.05) is 29.1 Å². The summed E-state index contributed by atoms with van der Waals surface area (Å²) in [5, 5.41) is 3.33. The van der Waals surface area contributed by atoms with E-state index >= 15 is 0 Å². The Kier molecular flexibility index (Phi) is 5.85. The number of nitrogens with zero attached hydrogens (tertiary/aromatic N) is 2. The number of hydroxylamine groups is 1. The molecule has 9 heteroatoms. The zero-order valence-electron chi connectivity index (χ0n) is 15.2. The minimum atomic E-state index is -3.86. The molecule has 3 rings (SSSR count). The maximum absolute atomic E-state index is 12.7. The summed E-state index contributed by atoms with van der Waals surface area (Å²) in [6.07, 6.45) is 3.66. The number of anilines is 1. The van der Waals surface area contributed by atoms with Gasteiger partial charge in [-0.15, -0.1) is 0 Å². The Morgan fingerprint density at radius 1 is 1.11 bits per heavy atom. The first kappa shape index (κ1) is 20.1. The average Bonchev–Trinajstić information content (AvgIpc) is 3.23. The number of nitrogens with one attached hydrogen (secondary N) is 1. The summed E-state index contributed by atoms with van der Waals surface area (Å²) in [6.45, 7) is 0. The lowest BCUT2D eigenvalue weighted by Crippen LogP contribution is -2.26. The monoisotopic (exact) mass is 419 g/mol. The van der Waals surface area contributed by atoms with Crippen LogP contribution in [-0.4, -0.2) is 37.5 Å². The molecule has 7 nitrogen and oxygen atoms in total. The Balaban J connectivity index is 1.92. The van der Waals surface area contributed by atoms with Gasteiger partial charge in [0.2, 0.25) is 0 Å². The molecule has 2 aromatic carbocycles. The molecule has 1 heterocycles. The second kappa shape index (κ2) is 8.15. The first-order valence-corrected chi connectivity index (χ1v) is 10.0. The Morgan fingerprint density at radius 3 is 2.50 bits per heavy atom. The molecule has 1 amide bonds.